The van der Waals surface area contributed by atoms with Crippen LogP contribution in [0.1, 0.15) is 6.92 Å². The number of piperazine rings is 1. The molecule has 0 aromatic carbocycles. The molecule has 1 aromatic heterocycles. The van der Waals surface area contributed by atoms with Crippen molar-refractivity contribution in [2.24, 2.45) is 0 Å². The summed E-state index contributed by atoms with van der Waals surface area (Å²) >= 11 is 4.93. The first-order chi connectivity index (χ1) is 8.70. The number of aromatic nitrogens is 3. The van der Waals surface area contributed by atoms with Gasteiger partial charge in [0, 0.05) is 26.2 Å². The average Bonchev–Trinajstić information content (AvgIpc) is 2.39. The maximum absolute atomic E-state index is 11.5. The number of hydrogen-bond donors (Lipinski definition) is 1. The van der Waals surface area contributed by atoms with Crippen molar-refractivity contribution in [1.29, 1.82) is 0 Å². The summed E-state index contributed by atoms with van der Waals surface area (Å²) in [6, 6.07) is 0. The lowest BCUT2D eigenvalue weighted by Crippen LogP contribution is -2.49. The van der Waals surface area contributed by atoms with Crippen molar-refractivity contribution >= 4 is 24.1 Å². The second-order valence-corrected chi connectivity index (χ2v) is 4.20. The van der Waals surface area contributed by atoms with Gasteiger partial charge < -0.3 is 14.5 Å². The molecule has 0 aliphatic carbocycles. The topological polar surface area (TPSA) is 74.3 Å². The number of aromatic amines is 1. The fourth-order valence-electron chi connectivity index (χ4n) is 1.79. The molecular weight excluding hydrogens is 254 g/mol. The maximum Gasteiger partial charge on any atom is 0.409 e. The molecule has 1 N–H and O–H groups in total. The van der Waals surface area contributed by atoms with Gasteiger partial charge >= 0.3 is 6.09 Å². The van der Waals surface area contributed by atoms with E-state index in [2.05, 4.69) is 15.2 Å². The standard InChI is InChI=1S/C10H15N5O2S/c1-2-17-10(16)15-5-3-14(4-6-15)8-7-11-13-9(18)12-8/h7H,2-6H2,1H3,(H,12,13,18). The zero-order valence-electron chi connectivity index (χ0n) is 10.1. The molecule has 1 aliphatic rings. The third-order valence-corrected chi connectivity index (χ3v) is 2.87. The lowest BCUT2D eigenvalue weighted by Gasteiger charge is -2.34. The van der Waals surface area contributed by atoms with Gasteiger partial charge in [-0.25, -0.2) is 4.79 Å². The van der Waals surface area contributed by atoms with Gasteiger partial charge in [-0.1, -0.05) is 0 Å². The Labute approximate surface area is 110 Å². The minimum Gasteiger partial charge on any atom is -0.450 e. The number of amides is 1. The molecule has 7 nitrogen and oxygen atoms in total. The number of anilines is 1. The molecule has 1 aliphatic heterocycles. The van der Waals surface area contributed by atoms with Gasteiger partial charge in [0.25, 0.3) is 0 Å². The lowest BCUT2D eigenvalue weighted by molar-refractivity contribution is 0.105. The number of hydrogen-bond acceptors (Lipinski definition) is 6. The zero-order valence-corrected chi connectivity index (χ0v) is 10.9. The van der Waals surface area contributed by atoms with Gasteiger partial charge in [0.05, 0.1) is 12.8 Å². The molecule has 1 saturated heterocycles. The smallest absolute Gasteiger partial charge is 0.409 e. The van der Waals surface area contributed by atoms with Crippen LogP contribution in [0.15, 0.2) is 6.20 Å². The van der Waals surface area contributed by atoms with Gasteiger partial charge in [0.2, 0.25) is 4.77 Å². The Kier molecular flexibility index (Phi) is 4.08. The first-order valence-corrected chi connectivity index (χ1v) is 6.20. The van der Waals surface area contributed by atoms with E-state index in [-0.39, 0.29) is 6.09 Å². The van der Waals surface area contributed by atoms with Crippen LogP contribution >= 0.6 is 12.2 Å². The van der Waals surface area contributed by atoms with Crippen LogP contribution in [0, 0.1) is 4.77 Å². The number of ether oxygens (including phenoxy) is 1. The number of carbonyl (C=O) groups is 1. The van der Waals surface area contributed by atoms with Crippen LogP contribution in [0.3, 0.4) is 0 Å². The predicted octanol–water partition coefficient (Wildman–Crippen LogP) is 0.813. The predicted molar refractivity (Wildman–Crippen MR) is 68.0 cm³/mol. The Hall–Kier alpha value is -1.70. The van der Waals surface area contributed by atoms with E-state index in [4.69, 9.17) is 17.0 Å². The van der Waals surface area contributed by atoms with Crippen LogP contribution in [0.25, 0.3) is 0 Å². The summed E-state index contributed by atoms with van der Waals surface area (Å²) in [6.45, 7) is 4.84. The SMILES string of the molecule is CCOC(=O)N1CCN(c2cn[nH]c(=S)n2)CC1. The summed E-state index contributed by atoms with van der Waals surface area (Å²) in [5.74, 6) is 0.738. The van der Waals surface area contributed by atoms with Crippen LogP contribution in [-0.2, 0) is 4.74 Å². The largest absolute Gasteiger partial charge is 0.450 e. The van der Waals surface area contributed by atoms with E-state index in [0.717, 1.165) is 5.82 Å². The quantitative estimate of drug-likeness (QED) is 0.801. The Morgan fingerprint density at radius 1 is 1.50 bits per heavy atom. The fraction of sp³-hybridized carbons (Fsp3) is 0.600. The monoisotopic (exact) mass is 269 g/mol. The number of H-pyrrole nitrogens is 1. The van der Waals surface area contributed by atoms with E-state index in [9.17, 15) is 4.79 Å². The zero-order chi connectivity index (χ0) is 13.0. The molecule has 0 bridgehead atoms. The van der Waals surface area contributed by atoms with Crippen molar-refractivity contribution in [2.45, 2.75) is 6.92 Å². The van der Waals surface area contributed by atoms with Crippen LogP contribution in [-0.4, -0.2) is 59.0 Å². The van der Waals surface area contributed by atoms with E-state index in [0.29, 0.717) is 37.6 Å². The molecule has 0 spiro atoms. The van der Waals surface area contributed by atoms with Gasteiger partial charge in [-0.15, -0.1) is 0 Å². The minimum atomic E-state index is -0.256. The van der Waals surface area contributed by atoms with E-state index >= 15 is 0 Å². The Morgan fingerprint density at radius 2 is 2.22 bits per heavy atom. The molecule has 98 valence electrons. The van der Waals surface area contributed by atoms with Crippen LogP contribution in [0.5, 0.6) is 0 Å². The Morgan fingerprint density at radius 3 is 2.83 bits per heavy atom. The van der Waals surface area contributed by atoms with Gasteiger partial charge in [-0.2, -0.15) is 10.1 Å². The van der Waals surface area contributed by atoms with E-state index in [1.165, 1.54) is 0 Å². The number of rotatable bonds is 2. The fourth-order valence-corrected chi connectivity index (χ4v) is 1.93. The summed E-state index contributed by atoms with van der Waals surface area (Å²) < 4.78 is 5.32. The lowest BCUT2D eigenvalue weighted by atomic mass is 10.3. The molecule has 1 fully saturated rings. The van der Waals surface area contributed by atoms with Gasteiger partial charge in [-0.3, -0.25) is 5.10 Å². The van der Waals surface area contributed by atoms with Crippen molar-refractivity contribution in [1.82, 2.24) is 20.1 Å². The molecule has 18 heavy (non-hydrogen) atoms. The second kappa shape index (κ2) is 5.76. The Balaban J connectivity index is 1.94. The molecule has 0 atom stereocenters. The third-order valence-electron chi connectivity index (χ3n) is 2.69. The number of nitrogens with one attached hydrogen (secondary N) is 1. The van der Waals surface area contributed by atoms with E-state index in [1.807, 2.05) is 4.90 Å². The van der Waals surface area contributed by atoms with Crippen molar-refractivity contribution in [2.75, 3.05) is 37.7 Å². The van der Waals surface area contributed by atoms with Crippen molar-refractivity contribution in [3.8, 4) is 0 Å². The highest BCUT2D eigenvalue weighted by molar-refractivity contribution is 7.71. The van der Waals surface area contributed by atoms with E-state index < -0.39 is 0 Å². The Bertz CT molecular complexity index is 469. The minimum absolute atomic E-state index is 0.256. The van der Waals surface area contributed by atoms with Crippen LogP contribution in [0.2, 0.25) is 0 Å². The summed E-state index contributed by atoms with van der Waals surface area (Å²) in [4.78, 5) is 19.5. The first kappa shape index (κ1) is 12.7. The maximum atomic E-state index is 11.5. The molecule has 1 aromatic rings. The van der Waals surface area contributed by atoms with Crippen molar-refractivity contribution in [3.05, 3.63) is 11.0 Å². The second-order valence-electron chi connectivity index (χ2n) is 3.82. The number of nitrogens with zero attached hydrogens (tertiary/aromatic N) is 4. The molecule has 0 radical (unpaired) electrons. The van der Waals surface area contributed by atoms with Crippen LogP contribution < -0.4 is 4.90 Å². The molecule has 1 amide bonds. The van der Waals surface area contributed by atoms with Gasteiger partial charge in [-0.05, 0) is 19.1 Å². The number of carbonyl (C=O) groups excluding carboxylic acids is 1. The van der Waals surface area contributed by atoms with Crippen molar-refractivity contribution in [3.63, 3.8) is 0 Å². The summed E-state index contributed by atoms with van der Waals surface area (Å²) in [7, 11) is 0. The van der Waals surface area contributed by atoms with Crippen molar-refractivity contribution < 1.29 is 9.53 Å². The van der Waals surface area contributed by atoms with E-state index in [1.54, 1.807) is 18.0 Å². The molecule has 8 heteroatoms. The van der Waals surface area contributed by atoms with Crippen LogP contribution in [0.4, 0.5) is 10.6 Å². The summed E-state index contributed by atoms with van der Waals surface area (Å²) in [5, 5.41) is 6.50. The molecule has 0 unspecified atom stereocenters. The highest BCUT2D eigenvalue weighted by Gasteiger charge is 2.22. The average molecular weight is 269 g/mol. The highest BCUT2D eigenvalue weighted by atomic mass is 32.1. The summed E-state index contributed by atoms with van der Waals surface area (Å²) in [6.07, 6.45) is 1.38. The molecule has 2 rings (SSSR count). The normalized spacial score (nSPS) is 15.6. The van der Waals surface area contributed by atoms with Gasteiger partial charge in [0.15, 0.2) is 5.82 Å². The first-order valence-electron chi connectivity index (χ1n) is 5.79. The van der Waals surface area contributed by atoms with Gasteiger partial charge in [0.1, 0.15) is 0 Å². The molecule has 2 heterocycles. The highest BCUT2D eigenvalue weighted by Crippen LogP contribution is 2.11. The summed E-state index contributed by atoms with van der Waals surface area (Å²) in [5.41, 5.74) is 0. The molecular formula is C10H15N5O2S. The molecule has 0 saturated carbocycles. The third kappa shape index (κ3) is 2.95.